The number of nitrogens with zero attached hydrogens (tertiary/aromatic N) is 2. The maximum Gasteiger partial charge on any atom is 0.232 e. The van der Waals surface area contributed by atoms with E-state index in [0.717, 1.165) is 37.9 Å². The summed E-state index contributed by atoms with van der Waals surface area (Å²) in [6.07, 6.45) is 6.81. The Morgan fingerprint density at radius 1 is 1.40 bits per heavy atom. The molecule has 0 amide bonds. The van der Waals surface area contributed by atoms with Gasteiger partial charge in [-0.15, -0.1) is 0 Å². The van der Waals surface area contributed by atoms with Crippen molar-refractivity contribution in [3.05, 3.63) is 22.9 Å². The lowest BCUT2D eigenvalue weighted by molar-refractivity contribution is 0.0611. The van der Waals surface area contributed by atoms with Crippen LogP contribution in [0.5, 0.6) is 5.88 Å². The molecule has 0 aliphatic heterocycles. The van der Waals surface area contributed by atoms with E-state index in [4.69, 9.17) is 4.74 Å². The van der Waals surface area contributed by atoms with E-state index in [0.29, 0.717) is 17.4 Å². The number of rotatable bonds is 4. The van der Waals surface area contributed by atoms with Gasteiger partial charge in [0, 0.05) is 5.69 Å². The minimum absolute atomic E-state index is 0.231. The molecule has 0 unspecified atom stereocenters. The molecule has 4 nitrogen and oxygen atoms in total. The SMILES string of the molecule is CNCC1CC(Oc2nc3c(cc2C#N)CCCC3)C1. The van der Waals surface area contributed by atoms with Crippen LogP contribution in [0, 0.1) is 17.2 Å². The number of ether oxygens (including phenoxy) is 1. The van der Waals surface area contributed by atoms with E-state index in [9.17, 15) is 5.26 Å². The first kappa shape index (κ1) is 13.4. The third-order valence-electron chi connectivity index (χ3n) is 4.35. The van der Waals surface area contributed by atoms with Crippen molar-refractivity contribution < 1.29 is 4.74 Å². The Morgan fingerprint density at radius 2 is 2.20 bits per heavy atom. The lowest BCUT2D eigenvalue weighted by Crippen LogP contribution is -2.39. The highest BCUT2D eigenvalue weighted by Crippen LogP contribution is 2.32. The van der Waals surface area contributed by atoms with Gasteiger partial charge in [0.1, 0.15) is 17.7 Å². The highest BCUT2D eigenvalue weighted by Gasteiger charge is 2.31. The molecule has 1 saturated carbocycles. The number of nitriles is 1. The molecule has 0 spiro atoms. The highest BCUT2D eigenvalue weighted by atomic mass is 16.5. The standard InChI is InChI=1S/C16H21N3O/c1-18-10-11-6-14(7-11)20-16-13(9-17)8-12-4-2-3-5-15(12)19-16/h8,11,14,18H,2-7,10H2,1H3. The molecule has 1 aromatic heterocycles. The molecule has 106 valence electrons. The third kappa shape index (κ3) is 2.64. The summed E-state index contributed by atoms with van der Waals surface area (Å²) in [4.78, 5) is 4.62. The summed E-state index contributed by atoms with van der Waals surface area (Å²) in [7, 11) is 1.98. The first-order valence-corrected chi connectivity index (χ1v) is 7.54. The fraction of sp³-hybridized carbons (Fsp3) is 0.625. The molecule has 3 rings (SSSR count). The Hall–Kier alpha value is -1.60. The maximum absolute atomic E-state index is 9.28. The molecule has 0 radical (unpaired) electrons. The van der Waals surface area contributed by atoms with Crippen molar-refractivity contribution in [2.75, 3.05) is 13.6 Å². The highest BCUT2D eigenvalue weighted by molar-refractivity contribution is 5.43. The van der Waals surface area contributed by atoms with Crippen LogP contribution in [-0.2, 0) is 12.8 Å². The minimum atomic E-state index is 0.231. The Balaban J connectivity index is 1.71. The monoisotopic (exact) mass is 271 g/mol. The quantitative estimate of drug-likeness (QED) is 0.912. The van der Waals surface area contributed by atoms with Crippen molar-refractivity contribution >= 4 is 0 Å². The van der Waals surface area contributed by atoms with E-state index in [1.165, 1.54) is 18.4 Å². The number of nitrogens with one attached hydrogen (secondary N) is 1. The molecule has 2 aliphatic rings. The summed E-state index contributed by atoms with van der Waals surface area (Å²) in [5.41, 5.74) is 2.97. The molecule has 1 aromatic rings. The molecule has 0 bridgehead atoms. The number of aromatic nitrogens is 1. The molecule has 1 fully saturated rings. The Morgan fingerprint density at radius 3 is 2.95 bits per heavy atom. The van der Waals surface area contributed by atoms with Gasteiger partial charge in [0.25, 0.3) is 0 Å². The first-order chi connectivity index (χ1) is 9.80. The van der Waals surface area contributed by atoms with Gasteiger partial charge in [0.2, 0.25) is 5.88 Å². The van der Waals surface area contributed by atoms with Gasteiger partial charge in [-0.1, -0.05) is 0 Å². The van der Waals surface area contributed by atoms with Crippen LogP contribution in [0.1, 0.15) is 42.5 Å². The zero-order valence-corrected chi connectivity index (χ0v) is 12.0. The van der Waals surface area contributed by atoms with E-state index in [2.05, 4.69) is 16.4 Å². The molecule has 0 saturated heterocycles. The van der Waals surface area contributed by atoms with Crippen LogP contribution >= 0.6 is 0 Å². The predicted molar refractivity (Wildman–Crippen MR) is 76.7 cm³/mol. The van der Waals surface area contributed by atoms with Crippen LogP contribution in [0.4, 0.5) is 0 Å². The van der Waals surface area contributed by atoms with Gasteiger partial charge in [0.05, 0.1) is 0 Å². The predicted octanol–water partition coefficient (Wildman–Crippen LogP) is 2.21. The minimum Gasteiger partial charge on any atom is -0.473 e. The van der Waals surface area contributed by atoms with Crippen LogP contribution < -0.4 is 10.1 Å². The van der Waals surface area contributed by atoms with Crippen LogP contribution in [0.2, 0.25) is 0 Å². The second kappa shape index (κ2) is 5.80. The lowest BCUT2D eigenvalue weighted by atomic mass is 9.82. The lowest BCUT2D eigenvalue weighted by Gasteiger charge is -2.35. The second-order valence-corrected chi connectivity index (χ2v) is 5.90. The van der Waals surface area contributed by atoms with Gasteiger partial charge in [-0.2, -0.15) is 5.26 Å². The largest absolute Gasteiger partial charge is 0.473 e. The van der Waals surface area contributed by atoms with Gasteiger partial charge < -0.3 is 10.1 Å². The van der Waals surface area contributed by atoms with E-state index < -0.39 is 0 Å². The smallest absolute Gasteiger partial charge is 0.232 e. The maximum atomic E-state index is 9.28. The zero-order valence-electron chi connectivity index (χ0n) is 12.0. The summed E-state index contributed by atoms with van der Waals surface area (Å²) < 4.78 is 5.95. The Labute approximate surface area is 120 Å². The van der Waals surface area contributed by atoms with Crippen LogP contribution in [0.3, 0.4) is 0 Å². The summed E-state index contributed by atoms with van der Waals surface area (Å²) in [5, 5.41) is 12.5. The van der Waals surface area contributed by atoms with Gasteiger partial charge in [0.15, 0.2) is 0 Å². The Kier molecular flexibility index (Phi) is 3.88. The fourth-order valence-corrected chi connectivity index (χ4v) is 3.17. The molecule has 20 heavy (non-hydrogen) atoms. The van der Waals surface area contributed by atoms with Gasteiger partial charge in [-0.3, -0.25) is 0 Å². The van der Waals surface area contributed by atoms with E-state index >= 15 is 0 Å². The molecular weight excluding hydrogens is 250 g/mol. The average Bonchev–Trinajstić information content (AvgIpc) is 2.44. The summed E-state index contributed by atoms with van der Waals surface area (Å²) in [6, 6.07) is 4.22. The van der Waals surface area contributed by atoms with Crippen molar-refractivity contribution in [3.8, 4) is 11.9 Å². The zero-order chi connectivity index (χ0) is 13.9. The van der Waals surface area contributed by atoms with Crippen molar-refractivity contribution in [2.45, 2.75) is 44.6 Å². The normalized spacial score (nSPS) is 24.4. The molecule has 0 aromatic carbocycles. The number of hydrogen-bond acceptors (Lipinski definition) is 4. The number of pyridine rings is 1. The van der Waals surface area contributed by atoms with Crippen LogP contribution in [-0.4, -0.2) is 24.7 Å². The second-order valence-electron chi connectivity index (χ2n) is 5.90. The molecule has 1 N–H and O–H groups in total. The molecule has 1 heterocycles. The molecule has 0 atom stereocenters. The van der Waals surface area contributed by atoms with Gasteiger partial charge >= 0.3 is 0 Å². The average molecular weight is 271 g/mol. The molecule has 2 aliphatic carbocycles. The van der Waals surface area contributed by atoms with E-state index in [1.54, 1.807) is 0 Å². The third-order valence-corrected chi connectivity index (χ3v) is 4.35. The van der Waals surface area contributed by atoms with Gasteiger partial charge in [-0.25, -0.2) is 4.98 Å². The fourth-order valence-electron chi connectivity index (χ4n) is 3.17. The molecule has 4 heteroatoms. The number of hydrogen-bond donors (Lipinski definition) is 1. The number of fused-ring (bicyclic) bond motifs is 1. The topological polar surface area (TPSA) is 57.9 Å². The summed E-state index contributed by atoms with van der Waals surface area (Å²) in [6.45, 7) is 1.04. The summed E-state index contributed by atoms with van der Waals surface area (Å²) in [5.74, 6) is 1.26. The van der Waals surface area contributed by atoms with Crippen molar-refractivity contribution in [1.29, 1.82) is 5.26 Å². The van der Waals surface area contributed by atoms with Gasteiger partial charge in [-0.05, 0) is 69.7 Å². The number of aryl methyl sites for hydroxylation is 2. The van der Waals surface area contributed by atoms with Crippen LogP contribution in [0.25, 0.3) is 0 Å². The van der Waals surface area contributed by atoms with E-state index in [-0.39, 0.29) is 6.10 Å². The summed E-state index contributed by atoms with van der Waals surface area (Å²) >= 11 is 0. The Bertz CT molecular complexity index is 529. The first-order valence-electron chi connectivity index (χ1n) is 7.54. The molecular formula is C16H21N3O. The van der Waals surface area contributed by atoms with Crippen LogP contribution in [0.15, 0.2) is 6.07 Å². The van der Waals surface area contributed by atoms with Crippen molar-refractivity contribution in [1.82, 2.24) is 10.3 Å². The van der Waals surface area contributed by atoms with E-state index in [1.807, 2.05) is 13.1 Å². The van der Waals surface area contributed by atoms with Crippen molar-refractivity contribution in [2.24, 2.45) is 5.92 Å². The van der Waals surface area contributed by atoms with Crippen molar-refractivity contribution in [3.63, 3.8) is 0 Å².